The van der Waals surface area contributed by atoms with Crippen LogP contribution in [0.4, 0.5) is 14.5 Å². The lowest BCUT2D eigenvalue weighted by Crippen LogP contribution is -2.02. The smallest absolute Gasteiger partial charge is 0.337 e. The highest BCUT2D eigenvalue weighted by Crippen LogP contribution is 2.26. The number of rotatable bonds is 4. The molecule has 20 heavy (non-hydrogen) atoms. The third kappa shape index (κ3) is 2.61. The fourth-order valence-electron chi connectivity index (χ4n) is 1.74. The van der Waals surface area contributed by atoms with Gasteiger partial charge in [-0.2, -0.15) is 5.10 Å². The van der Waals surface area contributed by atoms with Gasteiger partial charge in [-0.25, -0.2) is 18.3 Å². The molecule has 5 nitrogen and oxygen atoms in total. The summed E-state index contributed by atoms with van der Waals surface area (Å²) in [5.41, 5.74) is 0.897. The number of carbonyl (C=O) groups excluding carboxylic acids is 1. The molecule has 0 aliphatic carbocycles. The third-order valence-electron chi connectivity index (χ3n) is 2.77. The van der Waals surface area contributed by atoms with Crippen LogP contribution in [-0.4, -0.2) is 29.9 Å². The molecule has 106 valence electrons. The number of halogens is 2. The first kappa shape index (κ1) is 14.0. The summed E-state index contributed by atoms with van der Waals surface area (Å²) in [5, 5.41) is 6.50. The molecule has 1 N–H and O–H groups in total. The monoisotopic (exact) mass is 281 g/mol. The van der Waals surface area contributed by atoms with E-state index in [0.717, 1.165) is 0 Å². The number of hydrogen-bond donors (Lipinski definition) is 1. The number of aromatic nitrogens is 2. The SMILES string of the molecule is CNc1cn(-c2ccc(C(=O)OC)cc2)nc1C(F)F. The topological polar surface area (TPSA) is 56.2 Å². The van der Waals surface area contributed by atoms with Gasteiger partial charge in [-0.05, 0) is 24.3 Å². The minimum Gasteiger partial charge on any atom is -0.465 e. The van der Waals surface area contributed by atoms with Gasteiger partial charge in [0.25, 0.3) is 6.43 Å². The molecule has 0 radical (unpaired) electrons. The van der Waals surface area contributed by atoms with Crippen molar-refractivity contribution in [2.45, 2.75) is 6.43 Å². The predicted molar refractivity (Wildman–Crippen MR) is 69.4 cm³/mol. The molecule has 7 heteroatoms. The summed E-state index contributed by atoms with van der Waals surface area (Å²) in [6.45, 7) is 0. The van der Waals surface area contributed by atoms with Gasteiger partial charge in [0.05, 0.1) is 30.2 Å². The van der Waals surface area contributed by atoms with Gasteiger partial charge in [0.15, 0.2) is 5.69 Å². The predicted octanol–water partition coefficient (Wildman–Crippen LogP) is 2.64. The van der Waals surface area contributed by atoms with Crippen molar-refractivity contribution in [2.75, 3.05) is 19.5 Å². The largest absolute Gasteiger partial charge is 0.465 e. The first-order valence-corrected chi connectivity index (χ1v) is 5.81. The van der Waals surface area contributed by atoms with Crippen LogP contribution in [0.3, 0.4) is 0 Å². The van der Waals surface area contributed by atoms with Crippen LogP contribution < -0.4 is 5.32 Å². The third-order valence-corrected chi connectivity index (χ3v) is 2.77. The van der Waals surface area contributed by atoms with Gasteiger partial charge in [-0.3, -0.25) is 0 Å². The maximum absolute atomic E-state index is 12.8. The molecule has 0 amide bonds. The second-order valence-electron chi connectivity index (χ2n) is 3.96. The summed E-state index contributed by atoms with van der Waals surface area (Å²) in [5.74, 6) is -0.457. The zero-order chi connectivity index (χ0) is 14.7. The lowest BCUT2D eigenvalue weighted by atomic mass is 10.2. The van der Waals surface area contributed by atoms with Crippen molar-refractivity contribution in [3.8, 4) is 5.69 Å². The Kier molecular flexibility index (Phi) is 3.97. The van der Waals surface area contributed by atoms with Crippen LogP contribution in [0.15, 0.2) is 30.5 Å². The molecule has 1 heterocycles. The van der Waals surface area contributed by atoms with E-state index in [9.17, 15) is 13.6 Å². The van der Waals surface area contributed by atoms with Crippen molar-refractivity contribution in [3.63, 3.8) is 0 Å². The van der Waals surface area contributed by atoms with Crippen molar-refractivity contribution in [2.24, 2.45) is 0 Å². The van der Waals surface area contributed by atoms with Gasteiger partial charge in [-0.15, -0.1) is 0 Å². The summed E-state index contributed by atoms with van der Waals surface area (Å²) in [4.78, 5) is 11.3. The lowest BCUT2D eigenvalue weighted by molar-refractivity contribution is 0.0600. The quantitative estimate of drug-likeness (QED) is 0.875. The molecule has 0 unspecified atom stereocenters. The fraction of sp³-hybridized carbons (Fsp3) is 0.231. The van der Waals surface area contributed by atoms with E-state index in [1.165, 1.54) is 18.0 Å². The number of ether oxygens (including phenoxy) is 1. The number of nitrogens with one attached hydrogen (secondary N) is 1. The Hall–Kier alpha value is -2.44. The first-order valence-electron chi connectivity index (χ1n) is 5.81. The fourth-order valence-corrected chi connectivity index (χ4v) is 1.74. The van der Waals surface area contributed by atoms with Crippen LogP contribution in [0.25, 0.3) is 5.69 Å². The molecule has 0 fully saturated rings. The molecular formula is C13H13F2N3O2. The molecule has 0 saturated heterocycles. The molecule has 0 spiro atoms. The van der Waals surface area contributed by atoms with Gasteiger partial charge in [-0.1, -0.05) is 0 Å². The number of alkyl halides is 2. The first-order chi connectivity index (χ1) is 9.56. The molecule has 0 saturated carbocycles. The second kappa shape index (κ2) is 5.68. The van der Waals surface area contributed by atoms with Gasteiger partial charge in [0, 0.05) is 7.05 Å². The molecule has 0 atom stereocenters. The van der Waals surface area contributed by atoms with E-state index in [2.05, 4.69) is 15.2 Å². The summed E-state index contributed by atoms with van der Waals surface area (Å²) in [6.07, 6.45) is -1.19. The molecule has 2 aromatic rings. The lowest BCUT2D eigenvalue weighted by Gasteiger charge is -2.03. The summed E-state index contributed by atoms with van der Waals surface area (Å²) < 4.78 is 31.5. The Labute approximate surface area is 114 Å². The molecule has 1 aromatic heterocycles. The molecule has 0 bridgehead atoms. The second-order valence-corrected chi connectivity index (χ2v) is 3.96. The van der Waals surface area contributed by atoms with Crippen molar-refractivity contribution >= 4 is 11.7 Å². The number of nitrogens with zero attached hydrogens (tertiary/aromatic N) is 2. The van der Waals surface area contributed by atoms with Crippen LogP contribution in [0, 0.1) is 0 Å². The van der Waals surface area contributed by atoms with Crippen molar-refractivity contribution in [1.29, 1.82) is 0 Å². The highest BCUT2D eigenvalue weighted by Gasteiger charge is 2.18. The minimum absolute atomic E-state index is 0.261. The van der Waals surface area contributed by atoms with Crippen LogP contribution in [0.2, 0.25) is 0 Å². The van der Waals surface area contributed by atoms with Crippen LogP contribution in [0.1, 0.15) is 22.5 Å². The van der Waals surface area contributed by atoms with E-state index >= 15 is 0 Å². The minimum atomic E-state index is -2.66. The standard InChI is InChI=1S/C13H13F2N3O2/c1-16-10-7-18(17-11(10)12(14)15)9-5-3-8(4-6-9)13(19)20-2/h3-7,12,16H,1-2H3. The number of carbonyl (C=O) groups is 1. The van der Waals surface area contributed by atoms with Gasteiger partial charge in [0.2, 0.25) is 0 Å². The van der Waals surface area contributed by atoms with Gasteiger partial charge < -0.3 is 10.1 Å². The van der Waals surface area contributed by atoms with Crippen molar-refractivity contribution in [1.82, 2.24) is 9.78 Å². The molecular weight excluding hydrogens is 268 g/mol. The molecule has 0 aliphatic rings. The Morgan fingerprint density at radius 3 is 2.45 bits per heavy atom. The Morgan fingerprint density at radius 1 is 1.35 bits per heavy atom. The number of benzene rings is 1. The van der Waals surface area contributed by atoms with Crippen molar-refractivity contribution in [3.05, 3.63) is 41.7 Å². The number of anilines is 1. The normalized spacial score (nSPS) is 10.7. The van der Waals surface area contributed by atoms with E-state index in [-0.39, 0.29) is 11.4 Å². The van der Waals surface area contributed by atoms with Crippen LogP contribution in [0.5, 0.6) is 0 Å². The number of methoxy groups -OCH3 is 1. The number of hydrogen-bond acceptors (Lipinski definition) is 4. The average molecular weight is 281 g/mol. The van der Waals surface area contributed by atoms with Gasteiger partial charge >= 0.3 is 5.97 Å². The van der Waals surface area contributed by atoms with E-state index in [4.69, 9.17) is 0 Å². The van der Waals surface area contributed by atoms with E-state index in [1.54, 1.807) is 31.3 Å². The average Bonchev–Trinajstić information content (AvgIpc) is 2.91. The molecule has 0 aliphatic heterocycles. The number of esters is 1. The summed E-state index contributed by atoms with van der Waals surface area (Å²) in [7, 11) is 2.84. The van der Waals surface area contributed by atoms with Crippen LogP contribution >= 0.6 is 0 Å². The summed E-state index contributed by atoms with van der Waals surface area (Å²) in [6, 6.07) is 6.30. The van der Waals surface area contributed by atoms with Crippen LogP contribution in [-0.2, 0) is 4.74 Å². The maximum atomic E-state index is 12.8. The van der Waals surface area contributed by atoms with Gasteiger partial charge in [0.1, 0.15) is 0 Å². The Morgan fingerprint density at radius 2 is 2.00 bits per heavy atom. The zero-order valence-electron chi connectivity index (χ0n) is 10.9. The van der Waals surface area contributed by atoms with E-state index in [0.29, 0.717) is 11.3 Å². The highest BCUT2D eigenvalue weighted by molar-refractivity contribution is 5.89. The zero-order valence-corrected chi connectivity index (χ0v) is 10.9. The van der Waals surface area contributed by atoms with E-state index in [1.807, 2.05) is 0 Å². The highest BCUT2D eigenvalue weighted by atomic mass is 19.3. The Bertz CT molecular complexity index is 609. The molecule has 1 aromatic carbocycles. The summed E-state index contributed by atoms with van der Waals surface area (Å²) >= 11 is 0. The van der Waals surface area contributed by atoms with Crippen molar-refractivity contribution < 1.29 is 18.3 Å². The Balaban J connectivity index is 2.34. The maximum Gasteiger partial charge on any atom is 0.337 e. The molecule has 2 rings (SSSR count). The van der Waals surface area contributed by atoms with E-state index < -0.39 is 12.4 Å².